The smallest absolute Gasteiger partial charge is 0.334 e. The first-order valence-corrected chi connectivity index (χ1v) is 8.99. The van der Waals surface area contributed by atoms with Gasteiger partial charge in [-0.3, -0.25) is 4.79 Å². The third-order valence-corrected chi connectivity index (χ3v) is 5.54. The molecule has 0 saturated heterocycles. The van der Waals surface area contributed by atoms with E-state index >= 15 is 0 Å². The highest BCUT2D eigenvalue weighted by Gasteiger charge is 2.38. The molecular formula is C18H11F3N4O2S. The van der Waals surface area contributed by atoms with Crippen LogP contribution in [0.15, 0.2) is 34.9 Å². The molecule has 3 aromatic rings. The first-order valence-electron chi connectivity index (χ1n) is 8.17. The fourth-order valence-corrected chi connectivity index (χ4v) is 4.01. The molecule has 0 unspecified atom stereocenters. The topological polar surface area (TPSA) is 83.0 Å². The van der Waals surface area contributed by atoms with Gasteiger partial charge in [0.15, 0.2) is 0 Å². The number of aromatic nitrogens is 2. The largest absolute Gasteiger partial charge is 0.471 e. The quantitative estimate of drug-likeness (QED) is 0.647. The maximum atomic E-state index is 12.7. The number of benzene rings is 1. The Balaban J connectivity index is 1.54. The van der Waals surface area contributed by atoms with Crippen molar-refractivity contribution in [1.82, 2.24) is 15.0 Å². The molecule has 1 amide bonds. The van der Waals surface area contributed by atoms with Crippen molar-refractivity contribution >= 4 is 17.2 Å². The van der Waals surface area contributed by atoms with Gasteiger partial charge in [0.2, 0.25) is 5.82 Å². The molecule has 0 aliphatic carbocycles. The lowest BCUT2D eigenvalue weighted by Crippen LogP contribution is -2.35. The Kier molecular flexibility index (Phi) is 4.39. The molecular weight excluding hydrogens is 393 g/mol. The minimum Gasteiger partial charge on any atom is -0.334 e. The van der Waals surface area contributed by atoms with Crippen LogP contribution in [0.5, 0.6) is 0 Å². The Labute approximate surface area is 160 Å². The second-order valence-electron chi connectivity index (χ2n) is 6.15. The monoisotopic (exact) mass is 404 g/mol. The number of amides is 1. The number of halogens is 3. The molecule has 3 heterocycles. The van der Waals surface area contributed by atoms with Crippen LogP contribution in [0, 0.1) is 11.3 Å². The van der Waals surface area contributed by atoms with Gasteiger partial charge in [-0.2, -0.15) is 23.4 Å². The van der Waals surface area contributed by atoms with E-state index < -0.39 is 12.1 Å². The maximum absolute atomic E-state index is 12.7. The van der Waals surface area contributed by atoms with Crippen LogP contribution >= 0.6 is 11.3 Å². The third kappa shape index (κ3) is 3.36. The van der Waals surface area contributed by atoms with E-state index in [4.69, 9.17) is 5.26 Å². The van der Waals surface area contributed by atoms with Gasteiger partial charge in [-0.15, -0.1) is 11.3 Å². The van der Waals surface area contributed by atoms with Gasteiger partial charge in [-0.25, -0.2) is 0 Å². The van der Waals surface area contributed by atoms with E-state index in [-0.39, 0.29) is 11.7 Å². The first-order chi connectivity index (χ1) is 13.3. The molecule has 1 aliphatic heterocycles. The fourth-order valence-electron chi connectivity index (χ4n) is 2.93. The molecule has 6 nitrogen and oxygen atoms in total. The highest BCUT2D eigenvalue weighted by Crippen LogP contribution is 2.35. The summed E-state index contributed by atoms with van der Waals surface area (Å²) in [7, 11) is 0. The number of thiophene rings is 1. The summed E-state index contributed by atoms with van der Waals surface area (Å²) in [6, 6.07) is 10.1. The van der Waals surface area contributed by atoms with Gasteiger partial charge in [0, 0.05) is 23.5 Å². The summed E-state index contributed by atoms with van der Waals surface area (Å²) in [6.07, 6.45) is -4.10. The van der Waals surface area contributed by atoms with E-state index in [9.17, 15) is 18.0 Å². The summed E-state index contributed by atoms with van der Waals surface area (Å²) in [5, 5.41) is 12.3. The lowest BCUT2D eigenvalue weighted by atomic mass is 10.1. The molecule has 1 aliphatic rings. The van der Waals surface area contributed by atoms with E-state index in [0.717, 1.165) is 10.4 Å². The van der Waals surface area contributed by atoms with Crippen LogP contribution in [-0.2, 0) is 19.1 Å². The molecule has 0 N–H and O–H groups in total. The van der Waals surface area contributed by atoms with Crippen molar-refractivity contribution in [3.63, 3.8) is 0 Å². The zero-order valence-corrected chi connectivity index (χ0v) is 15.0. The van der Waals surface area contributed by atoms with Crippen LogP contribution in [0.4, 0.5) is 13.2 Å². The maximum Gasteiger partial charge on any atom is 0.471 e. The number of hydrogen-bond donors (Lipinski definition) is 0. The molecule has 2 aromatic heterocycles. The second-order valence-corrected chi connectivity index (χ2v) is 7.28. The van der Waals surface area contributed by atoms with Crippen LogP contribution in [0.25, 0.3) is 10.7 Å². The molecule has 0 fully saturated rings. The van der Waals surface area contributed by atoms with Crippen molar-refractivity contribution in [1.29, 1.82) is 5.26 Å². The average molecular weight is 404 g/mol. The lowest BCUT2D eigenvalue weighted by Gasteiger charge is -2.27. The number of carbonyl (C=O) groups excluding carboxylic acids is 1. The number of alkyl halides is 3. The van der Waals surface area contributed by atoms with Gasteiger partial charge < -0.3 is 9.42 Å². The Morgan fingerprint density at radius 2 is 2.04 bits per heavy atom. The number of carbonyl (C=O) groups is 1. The van der Waals surface area contributed by atoms with Crippen molar-refractivity contribution in [2.75, 3.05) is 6.54 Å². The Hall–Kier alpha value is -3.19. The van der Waals surface area contributed by atoms with Gasteiger partial charge in [0.25, 0.3) is 5.91 Å². The van der Waals surface area contributed by atoms with Crippen LogP contribution in [-0.4, -0.2) is 27.5 Å². The predicted octanol–water partition coefficient (Wildman–Crippen LogP) is 3.89. The number of rotatable bonds is 2. The van der Waals surface area contributed by atoms with E-state index in [0.29, 0.717) is 35.5 Å². The summed E-state index contributed by atoms with van der Waals surface area (Å²) in [4.78, 5) is 19.2. The normalized spacial score (nSPS) is 13.9. The third-order valence-electron chi connectivity index (χ3n) is 4.30. The average Bonchev–Trinajstić information content (AvgIpc) is 3.33. The van der Waals surface area contributed by atoms with Crippen molar-refractivity contribution in [3.05, 3.63) is 57.8 Å². The molecule has 0 radical (unpaired) electrons. The van der Waals surface area contributed by atoms with Crippen molar-refractivity contribution < 1.29 is 22.5 Å². The standard InChI is InChI=1S/C18H11F3N4O2S/c19-18(20,21)17-23-15(24-27-17)14-7-12-9-25(6-5-13(12)28-14)16(26)11-3-1-10(8-22)2-4-11/h1-4,7H,5-6,9H2. The molecule has 10 heteroatoms. The Bertz CT molecular complexity index is 1080. The van der Waals surface area contributed by atoms with Crippen LogP contribution in [0.2, 0.25) is 0 Å². The lowest BCUT2D eigenvalue weighted by molar-refractivity contribution is -0.159. The summed E-state index contributed by atoms with van der Waals surface area (Å²) < 4.78 is 42.2. The number of nitriles is 1. The molecule has 0 bridgehead atoms. The fraction of sp³-hybridized carbons (Fsp3) is 0.222. The van der Waals surface area contributed by atoms with E-state index in [2.05, 4.69) is 14.7 Å². The van der Waals surface area contributed by atoms with E-state index in [1.165, 1.54) is 11.3 Å². The summed E-state index contributed by atoms with van der Waals surface area (Å²) in [5.41, 5.74) is 1.80. The molecule has 0 spiro atoms. The molecule has 142 valence electrons. The first kappa shape index (κ1) is 18.2. The van der Waals surface area contributed by atoms with Gasteiger partial charge in [0.05, 0.1) is 16.5 Å². The Morgan fingerprint density at radius 1 is 1.29 bits per heavy atom. The number of nitrogens with zero attached hydrogens (tertiary/aromatic N) is 4. The molecule has 1 aromatic carbocycles. The minimum atomic E-state index is -4.69. The van der Waals surface area contributed by atoms with E-state index in [1.807, 2.05) is 6.07 Å². The molecule has 0 saturated carbocycles. The Morgan fingerprint density at radius 3 is 2.68 bits per heavy atom. The SMILES string of the molecule is N#Cc1ccc(C(=O)N2CCc3sc(-c4noc(C(F)(F)F)n4)cc3C2)cc1. The second kappa shape index (κ2) is 6.76. The zero-order chi connectivity index (χ0) is 19.9. The van der Waals surface area contributed by atoms with Gasteiger partial charge >= 0.3 is 12.1 Å². The van der Waals surface area contributed by atoms with Crippen LogP contribution < -0.4 is 0 Å². The number of hydrogen-bond acceptors (Lipinski definition) is 6. The highest BCUT2D eigenvalue weighted by molar-refractivity contribution is 7.15. The van der Waals surface area contributed by atoms with Gasteiger partial charge in [0.1, 0.15) is 0 Å². The van der Waals surface area contributed by atoms with Crippen molar-refractivity contribution in [2.24, 2.45) is 0 Å². The van der Waals surface area contributed by atoms with Gasteiger partial charge in [-0.1, -0.05) is 5.16 Å². The molecule has 4 rings (SSSR count). The molecule has 0 atom stereocenters. The van der Waals surface area contributed by atoms with Crippen molar-refractivity contribution in [3.8, 4) is 16.8 Å². The summed E-state index contributed by atoms with van der Waals surface area (Å²) >= 11 is 1.30. The number of fused-ring (bicyclic) bond motifs is 1. The van der Waals surface area contributed by atoms with Crippen molar-refractivity contribution in [2.45, 2.75) is 19.1 Å². The van der Waals surface area contributed by atoms with E-state index in [1.54, 1.807) is 35.2 Å². The predicted molar refractivity (Wildman–Crippen MR) is 92.2 cm³/mol. The zero-order valence-electron chi connectivity index (χ0n) is 14.2. The molecule has 28 heavy (non-hydrogen) atoms. The summed E-state index contributed by atoms with van der Waals surface area (Å²) in [6.45, 7) is 0.834. The van der Waals surface area contributed by atoms with Gasteiger partial charge in [-0.05, 0) is 42.3 Å². The van der Waals surface area contributed by atoms with Crippen LogP contribution in [0.3, 0.4) is 0 Å². The minimum absolute atomic E-state index is 0.114. The summed E-state index contributed by atoms with van der Waals surface area (Å²) in [5.74, 6) is -1.66. The highest BCUT2D eigenvalue weighted by atomic mass is 32.1. The van der Waals surface area contributed by atoms with Crippen LogP contribution in [0.1, 0.15) is 32.3 Å².